The molecule has 0 saturated heterocycles. The SMILES string of the molecule is CCC(=O)Nc1nc(-c2ccccc2)c(Cl)s1. The van der Waals surface area contributed by atoms with Gasteiger partial charge in [0.25, 0.3) is 0 Å². The third-order valence-corrected chi connectivity index (χ3v) is 3.37. The van der Waals surface area contributed by atoms with Crippen molar-refractivity contribution in [3.8, 4) is 11.3 Å². The summed E-state index contributed by atoms with van der Waals surface area (Å²) in [5, 5.41) is 3.25. The third kappa shape index (κ3) is 2.84. The van der Waals surface area contributed by atoms with E-state index in [4.69, 9.17) is 11.6 Å². The molecule has 0 aliphatic heterocycles. The Morgan fingerprint density at radius 1 is 1.41 bits per heavy atom. The summed E-state index contributed by atoms with van der Waals surface area (Å²) in [7, 11) is 0. The van der Waals surface area contributed by atoms with Gasteiger partial charge >= 0.3 is 0 Å². The summed E-state index contributed by atoms with van der Waals surface area (Å²) < 4.78 is 0.586. The minimum Gasteiger partial charge on any atom is -0.302 e. The molecule has 0 aliphatic rings. The van der Waals surface area contributed by atoms with Crippen LogP contribution in [0.4, 0.5) is 5.13 Å². The van der Waals surface area contributed by atoms with Crippen molar-refractivity contribution < 1.29 is 4.79 Å². The summed E-state index contributed by atoms with van der Waals surface area (Å²) in [6, 6.07) is 9.66. The van der Waals surface area contributed by atoms with Crippen LogP contribution in [-0.4, -0.2) is 10.9 Å². The molecule has 1 heterocycles. The predicted molar refractivity (Wildman–Crippen MR) is 71.5 cm³/mol. The second-order valence-corrected chi connectivity index (χ2v) is 5.01. The van der Waals surface area contributed by atoms with Crippen molar-refractivity contribution in [3.05, 3.63) is 34.7 Å². The average Bonchev–Trinajstić information content (AvgIpc) is 2.71. The number of rotatable bonds is 3. The first-order chi connectivity index (χ1) is 8.20. The first-order valence-electron chi connectivity index (χ1n) is 5.22. The van der Waals surface area contributed by atoms with Crippen LogP contribution < -0.4 is 5.32 Å². The molecule has 0 spiro atoms. The Morgan fingerprint density at radius 3 is 2.76 bits per heavy atom. The van der Waals surface area contributed by atoms with Gasteiger partial charge in [-0.1, -0.05) is 60.2 Å². The van der Waals surface area contributed by atoms with Crippen molar-refractivity contribution in [2.75, 3.05) is 5.32 Å². The number of carbonyl (C=O) groups is 1. The second-order valence-electron chi connectivity index (χ2n) is 3.41. The number of carbonyl (C=O) groups excluding carboxylic acids is 1. The smallest absolute Gasteiger partial charge is 0.225 e. The van der Waals surface area contributed by atoms with E-state index >= 15 is 0 Å². The van der Waals surface area contributed by atoms with Gasteiger partial charge in [0.05, 0.1) is 0 Å². The highest BCUT2D eigenvalue weighted by molar-refractivity contribution is 7.20. The minimum absolute atomic E-state index is 0.0602. The molecule has 5 heteroatoms. The van der Waals surface area contributed by atoms with Gasteiger partial charge in [0.2, 0.25) is 5.91 Å². The zero-order chi connectivity index (χ0) is 12.3. The Labute approximate surface area is 108 Å². The molecule has 0 atom stereocenters. The van der Waals surface area contributed by atoms with E-state index in [0.717, 1.165) is 5.56 Å². The average molecular weight is 267 g/mol. The number of hydrogen-bond donors (Lipinski definition) is 1. The van der Waals surface area contributed by atoms with Crippen LogP contribution in [0.25, 0.3) is 11.3 Å². The molecule has 0 saturated carbocycles. The molecule has 1 aromatic carbocycles. The van der Waals surface area contributed by atoms with Crippen molar-refractivity contribution in [1.82, 2.24) is 4.98 Å². The molecule has 1 aromatic heterocycles. The number of halogens is 1. The summed E-state index contributed by atoms with van der Waals surface area (Å²) >= 11 is 7.39. The lowest BCUT2D eigenvalue weighted by Gasteiger charge is -1.97. The molecule has 0 unspecified atom stereocenters. The van der Waals surface area contributed by atoms with Gasteiger partial charge < -0.3 is 5.32 Å². The van der Waals surface area contributed by atoms with E-state index in [1.807, 2.05) is 30.3 Å². The summed E-state index contributed by atoms with van der Waals surface area (Å²) in [5.74, 6) is -0.0602. The van der Waals surface area contributed by atoms with Gasteiger partial charge in [0.1, 0.15) is 10.0 Å². The van der Waals surface area contributed by atoms with Crippen LogP contribution in [0.1, 0.15) is 13.3 Å². The van der Waals surface area contributed by atoms with Gasteiger partial charge in [-0.2, -0.15) is 0 Å². The van der Waals surface area contributed by atoms with Gasteiger partial charge in [-0.3, -0.25) is 4.79 Å². The fourth-order valence-corrected chi connectivity index (χ4v) is 2.44. The number of thiazole rings is 1. The summed E-state index contributed by atoms with van der Waals surface area (Å²) in [5.41, 5.74) is 1.66. The molecular formula is C12H11ClN2OS. The fraction of sp³-hybridized carbons (Fsp3) is 0.167. The van der Waals surface area contributed by atoms with Crippen molar-refractivity contribution >= 4 is 34.0 Å². The molecule has 0 aliphatic carbocycles. The molecular weight excluding hydrogens is 256 g/mol. The lowest BCUT2D eigenvalue weighted by atomic mass is 10.2. The molecule has 1 N–H and O–H groups in total. The number of benzene rings is 1. The van der Waals surface area contributed by atoms with E-state index in [9.17, 15) is 4.79 Å². The summed E-state index contributed by atoms with van der Waals surface area (Å²) in [4.78, 5) is 15.6. The van der Waals surface area contributed by atoms with E-state index in [-0.39, 0.29) is 5.91 Å². The Bertz CT molecular complexity index is 525. The second kappa shape index (κ2) is 5.29. The van der Waals surface area contributed by atoms with E-state index in [1.165, 1.54) is 11.3 Å². The Balaban J connectivity index is 2.28. The van der Waals surface area contributed by atoms with Crippen molar-refractivity contribution in [1.29, 1.82) is 0 Å². The Hall–Kier alpha value is -1.39. The lowest BCUT2D eigenvalue weighted by molar-refractivity contribution is -0.115. The van der Waals surface area contributed by atoms with Gasteiger partial charge in [-0.25, -0.2) is 4.98 Å². The summed E-state index contributed by atoms with van der Waals surface area (Å²) in [6.07, 6.45) is 0.428. The maximum atomic E-state index is 11.3. The van der Waals surface area contributed by atoms with Gasteiger partial charge in [0, 0.05) is 12.0 Å². The first kappa shape index (κ1) is 12.1. The van der Waals surface area contributed by atoms with Crippen LogP contribution in [-0.2, 0) is 4.79 Å². The quantitative estimate of drug-likeness (QED) is 0.918. The van der Waals surface area contributed by atoms with Gasteiger partial charge in [0.15, 0.2) is 5.13 Å². The van der Waals surface area contributed by atoms with Crippen molar-refractivity contribution in [3.63, 3.8) is 0 Å². The maximum Gasteiger partial charge on any atom is 0.225 e. The van der Waals surface area contributed by atoms with E-state index in [1.54, 1.807) is 6.92 Å². The monoisotopic (exact) mass is 266 g/mol. The van der Waals surface area contributed by atoms with Crippen molar-refractivity contribution in [2.45, 2.75) is 13.3 Å². The highest BCUT2D eigenvalue weighted by Crippen LogP contribution is 2.34. The van der Waals surface area contributed by atoms with E-state index in [0.29, 0.717) is 21.6 Å². The molecule has 0 radical (unpaired) electrons. The number of nitrogens with zero attached hydrogens (tertiary/aromatic N) is 1. The predicted octanol–water partition coefficient (Wildman–Crippen LogP) is 3.81. The number of aromatic nitrogens is 1. The largest absolute Gasteiger partial charge is 0.302 e. The van der Waals surface area contributed by atoms with Gasteiger partial charge in [-0.15, -0.1) is 0 Å². The number of anilines is 1. The molecule has 1 amide bonds. The fourth-order valence-electron chi connectivity index (χ4n) is 1.34. The minimum atomic E-state index is -0.0602. The van der Waals surface area contributed by atoms with Crippen molar-refractivity contribution in [2.24, 2.45) is 0 Å². The van der Waals surface area contributed by atoms with Crippen LogP contribution in [0.5, 0.6) is 0 Å². The van der Waals surface area contributed by atoms with Crippen LogP contribution >= 0.6 is 22.9 Å². The zero-order valence-corrected chi connectivity index (χ0v) is 10.8. The lowest BCUT2D eigenvalue weighted by Crippen LogP contribution is -2.08. The van der Waals surface area contributed by atoms with E-state index < -0.39 is 0 Å². The molecule has 3 nitrogen and oxygen atoms in total. The van der Waals surface area contributed by atoms with Crippen LogP contribution in [0.2, 0.25) is 4.34 Å². The van der Waals surface area contributed by atoms with Gasteiger partial charge in [-0.05, 0) is 0 Å². The summed E-state index contributed by atoms with van der Waals surface area (Å²) in [6.45, 7) is 1.79. The number of nitrogens with one attached hydrogen (secondary N) is 1. The number of amides is 1. The van der Waals surface area contributed by atoms with Crippen LogP contribution in [0, 0.1) is 0 Å². The molecule has 88 valence electrons. The Kier molecular flexibility index (Phi) is 3.76. The molecule has 2 rings (SSSR count). The highest BCUT2D eigenvalue weighted by atomic mass is 35.5. The normalized spacial score (nSPS) is 10.2. The maximum absolute atomic E-state index is 11.3. The zero-order valence-electron chi connectivity index (χ0n) is 9.24. The Morgan fingerprint density at radius 2 is 2.12 bits per heavy atom. The third-order valence-electron chi connectivity index (χ3n) is 2.20. The topological polar surface area (TPSA) is 42.0 Å². The standard InChI is InChI=1S/C12H11ClN2OS/c1-2-9(16)14-12-15-10(11(13)17-12)8-6-4-3-5-7-8/h3-7H,2H2,1H3,(H,14,15,16). The molecule has 0 fully saturated rings. The number of hydrogen-bond acceptors (Lipinski definition) is 3. The molecule has 17 heavy (non-hydrogen) atoms. The van der Waals surface area contributed by atoms with Crippen LogP contribution in [0.3, 0.4) is 0 Å². The molecule has 0 bridgehead atoms. The van der Waals surface area contributed by atoms with E-state index in [2.05, 4.69) is 10.3 Å². The highest BCUT2D eigenvalue weighted by Gasteiger charge is 2.12. The van der Waals surface area contributed by atoms with Crippen LogP contribution in [0.15, 0.2) is 30.3 Å². The first-order valence-corrected chi connectivity index (χ1v) is 6.41. The molecule has 2 aromatic rings.